The van der Waals surface area contributed by atoms with Crippen LogP contribution in [0.5, 0.6) is 0 Å². The molecule has 1 fully saturated rings. The summed E-state index contributed by atoms with van der Waals surface area (Å²) in [5, 5.41) is 0. The van der Waals surface area contributed by atoms with Gasteiger partial charge in [-0.2, -0.15) is 0 Å². The van der Waals surface area contributed by atoms with Gasteiger partial charge >= 0.3 is 0 Å². The number of ketones is 2. The third-order valence-corrected chi connectivity index (χ3v) is 2.84. The SMILES string of the molecule is O=C1CCCCCCCCC(=O)CC1. The van der Waals surface area contributed by atoms with Crippen molar-refractivity contribution in [3.63, 3.8) is 0 Å². The van der Waals surface area contributed by atoms with Crippen LogP contribution in [0.15, 0.2) is 0 Å². The first-order valence-corrected chi connectivity index (χ1v) is 5.82. The van der Waals surface area contributed by atoms with E-state index in [0.717, 1.165) is 12.8 Å². The van der Waals surface area contributed by atoms with Gasteiger partial charge in [-0.05, 0) is 12.8 Å². The van der Waals surface area contributed by atoms with Gasteiger partial charge in [-0.25, -0.2) is 0 Å². The van der Waals surface area contributed by atoms with E-state index in [0.29, 0.717) is 25.7 Å². The third-order valence-electron chi connectivity index (χ3n) is 2.84. The van der Waals surface area contributed by atoms with Gasteiger partial charge in [0, 0.05) is 25.7 Å². The smallest absolute Gasteiger partial charge is 0.133 e. The summed E-state index contributed by atoms with van der Waals surface area (Å²) < 4.78 is 0. The molecule has 2 heteroatoms. The van der Waals surface area contributed by atoms with Crippen LogP contribution in [0.1, 0.15) is 64.2 Å². The first-order valence-electron chi connectivity index (χ1n) is 5.82. The van der Waals surface area contributed by atoms with Crippen LogP contribution in [0.3, 0.4) is 0 Å². The zero-order chi connectivity index (χ0) is 10.2. The van der Waals surface area contributed by atoms with Crippen molar-refractivity contribution >= 4 is 11.6 Å². The average Bonchev–Trinajstić information content (AvgIpc) is 2.17. The van der Waals surface area contributed by atoms with E-state index in [4.69, 9.17) is 0 Å². The lowest BCUT2D eigenvalue weighted by Gasteiger charge is -2.05. The lowest BCUT2D eigenvalue weighted by Crippen LogP contribution is -2.05. The molecule has 0 unspecified atom stereocenters. The first kappa shape index (κ1) is 11.4. The summed E-state index contributed by atoms with van der Waals surface area (Å²) in [7, 11) is 0. The summed E-state index contributed by atoms with van der Waals surface area (Å²) in [6.45, 7) is 0. The summed E-state index contributed by atoms with van der Waals surface area (Å²) >= 11 is 0. The Hall–Kier alpha value is -0.660. The van der Waals surface area contributed by atoms with Gasteiger partial charge in [-0.1, -0.05) is 25.7 Å². The minimum Gasteiger partial charge on any atom is -0.300 e. The summed E-state index contributed by atoms with van der Waals surface area (Å²) in [4.78, 5) is 22.6. The molecule has 14 heavy (non-hydrogen) atoms. The second-order valence-electron chi connectivity index (χ2n) is 4.20. The number of Topliss-reactive ketones (excluding diaryl/α,β-unsaturated/α-hetero) is 2. The molecule has 1 rings (SSSR count). The van der Waals surface area contributed by atoms with E-state index < -0.39 is 0 Å². The maximum Gasteiger partial charge on any atom is 0.133 e. The predicted molar refractivity (Wildman–Crippen MR) is 56.2 cm³/mol. The van der Waals surface area contributed by atoms with Crippen LogP contribution in [-0.4, -0.2) is 11.6 Å². The molecule has 0 radical (unpaired) electrons. The van der Waals surface area contributed by atoms with Crippen molar-refractivity contribution < 1.29 is 9.59 Å². The summed E-state index contributed by atoms with van der Waals surface area (Å²) in [5.74, 6) is 0.554. The molecule has 0 heterocycles. The lowest BCUT2D eigenvalue weighted by atomic mass is 10.00. The zero-order valence-electron chi connectivity index (χ0n) is 8.89. The minimum atomic E-state index is 0.277. The number of rotatable bonds is 0. The van der Waals surface area contributed by atoms with E-state index in [1.54, 1.807) is 0 Å². The first-order chi connectivity index (χ1) is 6.79. The molecule has 0 N–H and O–H groups in total. The molecule has 0 aromatic carbocycles. The van der Waals surface area contributed by atoms with Gasteiger partial charge in [0.15, 0.2) is 0 Å². The standard InChI is InChI=1S/C12H20O2/c13-11-7-5-3-1-2-4-6-8-12(14)10-9-11/h1-10H2. The molecule has 0 aromatic rings. The van der Waals surface area contributed by atoms with Gasteiger partial charge < -0.3 is 0 Å². The van der Waals surface area contributed by atoms with Crippen molar-refractivity contribution in [1.82, 2.24) is 0 Å². The van der Waals surface area contributed by atoms with E-state index in [1.165, 1.54) is 25.7 Å². The fraction of sp³-hybridized carbons (Fsp3) is 0.833. The monoisotopic (exact) mass is 196 g/mol. The number of carbonyl (C=O) groups excluding carboxylic acids is 2. The molecule has 1 saturated carbocycles. The lowest BCUT2D eigenvalue weighted by molar-refractivity contribution is -0.124. The van der Waals surface area contributed by atoms with Gasteiger partial charge in [0.25, 0.3) is 0 Å². The fourth-order valence-corrected chi connectivity index (χ4v) is 1.88. The molecular weight excluding hydrogens is 176 g/mol. The van der Waals surface area contributed by atoms with Crippen molar-refractivity contribution in [2.24, 2.45) is 0 Å². The summed E-state index contributed by atoms with van der Waals surface area (Å²) in [6, 6.07) is 0. The van der Waals surface area contributed by atoms with E-state index in [9.17, 15) is 9.59 Å². The molecule has 80 valence electrons. The molecule has 0 aliphatic heterocycles. The van der Waals surface area contributed by atoms with Crippen LogP contribution >= 0.6 is 0 Å². The predicted octanol–water partition coefficient (Wildman–Crippen LogP) is 3.04. The fourth-order valence-electron chi connectivity index (χ4n) is 1.88. The summed E-state index contributed by atoms with van der Waals surface area (Å²) in [5.41, 5.74) is 0. The molecule has 0 spiro atoms. The molecule has 0 saturated heterocycles. The second kappa shape index (κ2) is 6.74. The molecule has 1 aliphatic carbocycles. The summed E-state index contributed by atoms with van der Waals surface area (Å²) in [6.07, 6.45) is 9.20. The van der Waals surface area contributed by atoms with E-state index in [1.807, 2.05) is 0 Å². The van der Waals surface area contributed by atoms with E-state index >= 15 is 0 Å². The Morgan fingerprint density at radius 2 is 0.857 bits per heavy atom. The highest BCUT2D eigenvalue weighted by Gasteiger charge is 2.08. The van der Waals surface area contributed by atoms with Crippen molar-refractivity contribution in [3.8, 4) is 0 Å². The maximum absolute atomic E-state index is 11.3. The van der Waals surface area contributed by atoms with Gasteiger partial charge in [0.05, 0.1) is 0 Å². The highest BCUT2D eigenvalue weighted by atomic mass is 16.1. The van der Waals surface area contributed by atoms with Crippen LogP contribution in [-0.2, 0) is 9.59 Å². The van der Waals surface area contributed by atoms with Crippen LogP contribution < -0.4 is 0 Å². The number of hydrogen-bond donors (Lipinski definition) is 0. The van der Waals surface area contributed by atoms with Crippen LogP contribution in [0.2, 0.25) is 0 Å². The Morgan fingerprint density at radius 1 is 0.500 bits per heavy atom. The van der Waals surface area contributed by atoms with Gasteiger partial charge in [0.2, 0.25) is 0 Å². The van der Waals surface area contributed by atoms with Crippen molar-refractivity contribution in [1.29, 1.82) is 0 Å². The molecule has 0 atom stereocenters. The van der Waals surface area contributed by atoms with Crippen molar-refractivity contribution in [2.45, 2.75) is 64.2 Å². The Balaban J connectivity index is 2.29. The van der Waals surface area contributed by atoms with Gasteiger partial charge in [0.1, 0.15) is 11.6 Å². The third kappa shape index (κ3) is 5.15. The highest BCUT2D eigenvalue weighted by Crippen LogP contribution is 2.13. The largest absolute Gasteiger partial charge is 0.300 e. The van der Waals surface area contributed by atoms with Crippen LogP contribution in [0.4, 0.5) is 0 Å². The average molecular weight is 196 g/mol. The van der Waals surface area contributed by atoms with Crippen molar-refractivity contribution in [3.05, 3.63) is 0 Å². The Labute approximate surface area is 86.1 Å². The molecule has 0 bridgehead atoms. The second-order valence-corrected chi connectivity index (χ2v) is 4.20. The highest BCUT2D eigenvalue weighted by molar-refractivity contribution is 5.85. The number of hydrogen-bond acceptors (Lipinski definition) is 2. The van der Waals surface area contributed by atoms with E-state index in [-0.39, 0.29) is 11.6 Å². The maximum atomic E-state index is 11.3. The molecule has 2 nitrogen and oxygen atoms in total. The molecule has 1 aliphatic rings. The Bertz CT molecular complexity index is 174. The Morgan fingerprint density at radius 3 is 1.29 bits per heavy atom. The minimum absolute atomic E-state index is 0.277. The van der Waals surface area contributed by atoms with Crippen molar-refractivity contribution in [2.75, 3.05) is 0 Å². The van der Waals surface area contributed by atoms with Crippen LogP contribution in [0, 0.1) is 0 Å². The normalized spacial score (nSPS) is 22.6. The number of carbonyl (C=O) groups is 2. The van der Waals surface area contributed by atoms with Crippen LogP contribution in [0.25, 0.3) is 0 Å². The quantitative estimate of drug-likeness (QED) is 0.596. The van der Waals surface area contributed by atoms with Gasteiger partial charge in [-0.15, -0.1) is 0 Å². The molecular formula is C12H20O2. The topological polar surface area (TPSA) is 34.1 Å². The molecule has 0 aromatic heterocycles. The zero-order valence-corrected chi connectivity index (χ0v) is 8.89. The molecule has 0 amide bonds. The Kier molecular flexibility index (Phi) is 5.50. The van der Waals surface area contributed by atoms with E-state index in [2.05, 4.69) is 0 Å². The van der Waals surface area contributed by atoms with Gasteiger partial charge in [-0.3, -0.25) is 9.59 Å².